The molecule has 0 aromatic heterocycles. The monoisotopic (exact) mass is 272 g/mol. The van der Waals surface area contributed by atoms with Gasteiger partial charge in [-0.05, 0) is 6.42 Å². The molecule has 1 saturated heterocycles. The third-order valence-electron chi connectivity index (χ3n) is 2.73. The zero-order valence-corrected chi connectivity index (χ0v) is 11.5. The summed E-state index contributed by atoms with van der Waals surface area (Å²) >= 11 is 0. The lowest BCUT2D eigenvalue weighted by Gasteiger charge is -2.17. The minimum atomic E-state index is -0.776. The number of ether oxygens (including phenoxy) is 3. The fourth-order valence-electron chi connectivity index (χ4n) is 1.55. The molecule has 1 aliphatic rings. The molecule has 2 atom stereocenters. The number of cyclic esters (lactones) is 2. The molecule has 1 fully saturated rings. The van der Waals surface area contributed by atoms with E-state index in [1.54, 1.807) is 13.8 Å². The largest absolute Gasteiger partial charge is 0.462 e. The second-order valence-corrected chi connectivity index (χ2v) is 4.82. The van der Waals surface area contributed by atoms with E-state index in [0.29, 0.717) is 6.42 Å². The molecule has 0 aromatic carbocycles. The van der Waals surface area contributed by atoms with E-state index in [4.69, 9.17) is 14.2 Å². The molecule has 6 heteroatoms. The molecule has 6 nitrogen and oxygen atoms in total. The zero-order valence-electron chi connectivity index (χ0n) is 11.5. The van der Waals surface area contributed by atoms with Crippen LogP contribution in [0.1, 0.15) is 40.0 Å². The van der Waals surface area contributed by atoms with Crippen molar-refractivity contribution in [3.05, 3.63) is 0 Å². The van der Waals surface area contributed by atoms with E-state index in [1.807, 2.05) is 6.92 Å². The Morgan fingerprint density at radius 3 is 2.58 bits per heavy atom. The zero-order chi connectivity index (χ0) is 14.4. The number of rotatable bonds is 3. The molecule has 0 radical (unpaired) electrons. The van der Waals surface area contributed by atoms with Crippen LogP contribution in [0.25, 0.3) is 0 Å². The smallest absolute Gasteiger partial charge is 0.309 e. The predicted octanol–water partition coefficient (Wildman–Crippen LogP) is 1.21. The fraction of sp³-hybridized carbons (Fsp3) is 0.769. The average molecular weight is 272 g/mol. The first kappa shape index (κ1) is 15.5. The van der Waals surface area contributed by atoms with Crippen LogP contribution in [0, 0.1) is 5.92 Å². The maximum atomic E-state index is 11.6. The van der Waals surface area contributed by atoms with Gasteiger partial charge in [0.2, 0.25) is 0 Å². The highest BCUT2D eigenvalue weighted by Crippen LogP contribution is 2.14. The van der Waals surface area contributed by atoms with Crippen molar-refractivity contribution in [1.82, 2.24) is 0 Å². The van der Waals surface area contributed by atoms with Gasteiger partial charge in [0.1, 0.15) is 18.8 Å². The molecule has 1 rings (SSSR count). The highest BCUT2D eigenvalue weighted by Gasteiger charge is 2.27. The lowest BCUT2D eigenvalue weighted by Crippen LogP contribution is -2.29. The number of esters is 3. The van der Waals surface area contributed by atoms with Gasteiger partial charge < -0.3 is 14.2 Å². The van der Waals surface area contributed by atoms with Gasteiger partial charge >= 0.3 is 17.9 Å². The molecule has 0 amide bonds. The summed E-state index contributed by atoms with van der Waals surface area (Å²) in [6.45, 7) is 5.09. The van der Waals surface area contributed by atoms with Crippen LogP contribution in [-0.4, -0.2) is 36.7 Å². The lowest BCUT2D eigenvalue weighted by atomic mass is 10.2. The molecule has 0 spiro atoms. The van der Waals surface area contributed by atoms with Crippen LogP contribution >= 0.6 is 0 Å². The first-order valence-corrected chi connectivity index (χ1v) is 6.48. The van der Waals surface area contributed by atoms with E-state index in [-0.39, 0.29) is 25.4 Å². The van der Waals surface area contributed by atoms with Crippen molar-refractivity contribution < 1.29 is 28.6 Å². The van der Waals surface area contributed by atoms with E-state index in [1.165, 1.54) is 0 Å². The summed E-state index contributed by atoms with van der Waals surface area (Å²) in [6, 6.07) is 0. The van der Waals surface area contributed by atoms with Gasteiger partial charge in [0, 0.05) is 0 Å². The summed E-state index contributed by atoms with van der Waals surface area (Å²) in [5.74, 6) is -1.67. The lowest BCUT2D eigenvalue weighted by molar-refractivity contribution is -0.163. The summed E-state index contributed by atoms with van der Waals surface area (Å²) in [6.07, 6.45) is -0.770. The van der Waals surface area contributed by atoms with Gasteiger partial charge in [0.25, 0.3) is 0 Å². The van der Waals surface area contributed by atoms with E-state index in [9.17, 15) is 14.4 Å². The molecule has 1 aliphatic heterocycles. The van der Waals surface area contributed by atoms with Gasteiger partial charge in [-0.2, -0.15) is 0 Å². The van der Waals surface area contributed by atoms with Crippen molar-refractivity contribution in [2.24, 2.45) is 5.92 Å². The Hall–Kier alpha value is -1.59. The maximum absolute atomic E-state index is 11.6. The Kier molecular flexibility index (Phi) is 5.79. The highest BCUT2D eigenvalue weighted by atomic mass is 16.6. The summed E-state index contributed by atoms with van der Waals surface area (Å²) in [7, 11) is 0. The fourth-order valence-corrected chi connectivity index (χ4v) is 1.55. The molecular formula is C13H20O6. The Bertz CT molecular complexity index is 349. The molecular weight excluding hydrogens is 252 g/mol. The third-order valence-corrected chi connectivity index (χ3v) is 2.73. The van der Waals surface area contributed by atoms with Crippen molar-refractivity contribution in [2.75, 3.05) is 6.61 Å². The summed E-state index contributed by atoms with van der Waals surface area (Å²) < 4.78 is 15.2. The summed E-state index contributed by atoms with van der Waals surface area (Å²) in [4.78, 5) is 34.6. The van der Waals surface area contributed by atoms with Crippen LogP contribution < -0.4 is 0 Å². The maximum Gasteiger partial charge on any atom is 0.309 e. The third kappa shape index (κ3) is 5.28. The molecule has 0 aromatic rings. The molecule has 0 bridgehead atoms. The SMILES string of the molecule is CCC1CC(=O)OCC(OC(=O)C(C)C)CC(=O)O1. The standard InChI is InChI=1S/C13H20O6/c1-4-9-5-11(14)17-7-10(6-12(15)18-9)19-13(16)8(2)3/h8-10H,4-7H2,1-3H3. The number of carbonyl (C=O) groups is 3. The van der Waals surface area contributed by atoms with Gasteiger partial charge in [0.05, 0.1) is 18.8 Å². The average Bonchev–Trinajstić information content (AvgIpc) is 2.39. The highest BCUT2D eigenvalue weighted by molar-refractivity contribution is 5.75. The molecule has 2 unspecified atom stereocenters. The van der Waals surface area contributed by atoms with Crippen LogP contribution in [0.4, 0.5) is 0 Å². The van der Waals surface area contributed by atoms with E-state index >= 15 is 0 Å². The van der Waals surface area contributed by atoms with Crippen molar-refractivity contribution in [3.63, 3.8) is 0 Å². The molecule has 108 valence electrons. The number of carbonyl (C=O) groups excluding carboxylic acids is 3. The normalized spacial score (nSPS) is 24.8. The van der Waals surface area contributed by atoms with E-state index in [0.717, 1.165) is 0 Å². The summed E-state index contributed by atoms with van der Waals surface area (Å²) in [5.41, 5.74) is 0. The quantitative estimate of drug-likeness (QED) is 0.567. The van der Waals surface area contributed by atoms with E-state index < -0.39 is 30.1 Å². The van der Waals surface area contributed by atoms with Crippen molar-refractivity contribution in [1.29, 1.82) is 0 Å². The minimum absolute atomic E-state index is 0.0348. The topological polar surface area (TPSA) is 78.9 Å². The molecule has 1 heterocycles. The van der Waals surface area contributed by atoms with E-state index in [2.05, 4.69) is 0 Å². The number of hydrogen-bond acceptors (Lipinski definition) is 6. The van der Waals surface area contributed by atoms with Gasteiger partial charge in [-0.15, -0.1) is 0 Å². The Balaban J connectivity index is 2.66. The summed E-state index contributed by atoms with van der Waals surface area (Å²) in [5, 5.41) is 0. The molecule has 0 saturated carbocycles. The molecule has 19 heavy (non-hydrogen) atoms. The Morgan fingerprint density at radius 2 is 2.00 bits per heavy atom. The van der Waals surface area contributed by atoms with Gasteiger partial charge in [-0.1, -0.05) is 20.8 Å². The van der Waals surface area contributed by atoms with Crippen LogP contribution in [-0.2, 0) is 28.6 Å². The first-order chi connectivity index (χ1) is 8.92. The number of hydrogen-bond donors (Lipinski definition) is 0. The Labute approximate surface area is 112 Å². The Morgan fingerprint density at radius 1 is 1.32 bits per heavy atom. The van der Waals surface area contributed by atoms with Gasteiger partial charge in [0.15, 0.2) is 0 Å². The van der Waals surface area contributed by atoms with Crippen molar-refractivity contribution in [2.45, 2.75) is 52.2 Å². The van der Waals surface area contributed by atoms with Gasteiger partial charge in [-0.25, -0.2) is 0 Å². The van der Waals surface area contributed by atoms with Crippen LogP contribution in [0.5, 0.6) is 0 Å². The van der Waals surface area contributed by atoms with Crippen LogP contribution in [0.2, 0.25) is 0 Å². The second kappa shape index (κ2) is 7.11. The minimum Gasteiger partial charge on any atom is -0.462 e. The van der Waals surface area contributed by atoms with Gasteiger partial charge in [-0.3, -0.25) is 14.4 Å². The molecule has 0 aliphatic carbocycles. The van der Waals surface area contributed by atoms with Crippen LogP contribution in [0.3, 0.4) is 0 Å². The second-order valence-electron chi connectivity index (χ2n) is 4.82. The van der Waals surface area contributed by atoms with Crippen LogP contribution in [0.15, 0.2) is 0 Å². The predicted molar refractivity (Wildman–Crippen MR) is 65.1 cm³/mol. The molecule has 0 N–H and O–H groups in total. The van der Waals surface area contributed by atoms with Crippen molar-refractivity contribution >= 4 is 17.9 Å². The van der Waals surface area contributed by atoms with Crippen molar-refractivity contribution in [3.8, 4) is 0 Å². The first-order valence-electron chi connectivity index (χ1n) is 6.48.